The summed E-state index contributed by atoms with van der Waals surface area (Å²) < 4.78 is 123. The Labute approximate surface area is 124 Å². The second-order valence-electron chi connectivity index (χ2n) is 4.64. The molecule has 2 heterocycles. The number of fused-ring (bicyclic) bond motifs is 3. The molecular weight excluding hydrogens is 361 g/mol. The summed E-state index contributed by atoms with van der Waals surface area (Å²) in [6, 6.07) is 0.263. The molecule has 3 rings (SSSR count). The number of nitrogens with zero attached hydrogens (tertiary/aromatic N) is 1. The van der Waals surface area contributed by atoms with Crippen LogP contribution < -0.4 is 0 Å². The lowest BCUT2D eigenvalue weighted by atomic mass is 10.1. The summed E-state index contributed by atoms with van der Waals surface area (Å²) in [5, 5.41) is -0.883. The second kappa shape index (κ2) is 4.57. The maximum atomic E-state index is 13.0. The maximum absolute atomic E-state index is 13.0. The first-order chi connectivity index (χ1) is 10.8. The summed E-state index contributed by atoms with van der Waals surface area (Å²) in [5.74, 6) is -3.68. The number of aromatic nitrogens is 1. The number of furan rings is 1. The van der Waals surface area contributed by atoms with E-state index in [0.717, 1.165) is 0 Å². The fourth-order valence-corrected chi connectivity index (χ4v) is 2.06. The highest BCUT2D eigenvalue weighted by Crippen LogP contribution is 2.44. The quantitative estimate of drug-likeness (QED) is 0.486. The summed E-state index contributed by atoms with van der Waals surface area (Å²) in [5.41, 5.74) is -4.75. The lowest BCUT2D eigenvalue weighted by Crippen LogP contribution is -2.05. The third-order valence-corrected chi connectivity index (χ3v) is 2.99. The van der Waals surface area contributed by atoms with Crippen molar-refractivity contribution in [1.82, 2.24) is 4.98 Å². The zero-order valence-electron chi connectivity index (χ0n) is 10.8. The van der Waals surface area contributed by atoms with Crippen LogP contribution in [0.3, 0.4) is 0 Å². The Morgan fingerprint density at radius 2 is 1.38 bits per heavy atom. The van der Waals surface area contributed by atoms with Crippen molar-refractivity contribution >= 4 is 22.1 Å². The molecule has 0 N–H and O–H groups in total. The van der Waals surface area contributed by atoms with E-state index in [9.17, 15) is 39.5 Å². The van der Waals surface area contributed by atoms with Gasteiger partial charge >= 0.3 is 24.4 Å². The highest BCUT2D eigenvalue weighted by atomic mass is 19.4. The molecule has 12 heteroatoms. The first-order valence-electron chi connectivity index (χ1n) is 5.87. The maximum Gasteiger partial charge on any atom is 0.468 e. The third kappa shape index (κ3) is 2.55. The average molecular weight is 363 g/mol. The standard InChI is InChI=1S/C12H2F9NO2/c13-10(14,15)4-2-5-7(22-9(23-5)12(19,20)21)3-1-6(11(16,17)18)24-8(3)4/h1-2H. The zero-order valence-corrected chi connectivity index (χ0v) is 10.8. The van der Waals surface area contributed by atoms with Gasteiger partial charge in [-0.25, -0.2) is 4.98 Å². The molecule has 0 saturated heterocycles. The second-order valence-corrected chi connectivity index (χ2v) is 4.64. The van der Waals surface area contributed by atoms with Gasteiger partial charge in [0.25, 0.3) is 0 Å². The number of hydrogen-bond donors (Lipinski definition) is 0. The van der Waals surface area contributed by atoms with Gasteiger partial charge in [-0.05, 0) is 12.1 Å². The molecule has 0 spiro atoms. The van der Waals surface area contributed by atoms with Gasteiger partial charge in [0.15, 0.2) is 5.58 Å². The van der Waals surface area contributed by atoms with Crippen LogP contribution >= 0.6 is 0 Å². The summed E-state index contributed by atoms with van der Waals surface area (Å²) >= 11 is 0. The van der Waals surface area contributed by atoms with Crippen LogP contribution in [0.1, 0.15) is 17.2 Å². The van der Waals surface area contributed by atoms with Crippen molar-refractivity contribution in [3.8, 4) is 0 Å². The first kappa shape index (κ1) is 16.5. The van der Waals surface area contributed by atoms with E-state index in [-0.39, 0.29) is 12.1 Å². The van der Waals surface area contributed by atoms with Crippen molar-refractivity contribution < 1.29 is 48.3 Å². The molecule has 0 aliphatic rings. The predicted molar refractivity (Wildman–Crippen MR) is 58.8 cm³/mol. The lowest BCUT2D eigenvalue weighted by Gasteiger charge is -2.06. The molecule has 0 radical (unpaired) electrons. The Balaban J connectivity index is 2.43. The molecule has 24 heavy (non-hydrogen) atoms. The number of halogens is 9. The van der Waals surface area contributed by atoms with Gasteiger partial charge in [-0.15, -0.1) is 0 Å². The minimum atomic E-state index is -5.18. The fraction of sp³-hybridized carbons (Fsp3) is 0.250. The molecule has 130 valence electrons. The Kier molecular flexibility index (Phi) is 3.14. The van der Waals surface area contributed by atoms with E-state index >= 15 is 0 Å². The number of oxazole rings is 1. The van der Waals surface area contributed by atoms with Gasteiger partial charge in [0, 0.05) is 0 Å². The molecule has 0 unspecified atom stereocenters. The monoisotopic (exact) mass is 363 g/mol. The summed E-state index contributed by atoms with van der Waals surface area (Å²) in [6.45, 7) is 0. The molecule has 3 nitrogen and oxygen atoms in total. The van der Waals surface area contributed by atoms with E-state index in [2.05, 4.69) is 13.8 Å². The highest BCUT2D eigenvalue weighted by Gasteiger charge is 2.42. The highest BCUT2D eigenvalue weighted by molar-refractivity contribution is 6.03. The van der Waals surface area contributed by atoms with Crippen molar-refractivity contribution in [3.05, 3.63) is 29.3 Å². The molecule has 3 aromatic rings. The van der Waals surface area contributed by atoms with E-state index < -0.39 is 57.8 Å². The average Bonchev–Trinajstić information content (AvgIpc) is 2.98. The Bertz CT molecular complexity index is 926. The van der Waals surface area contributed by atoms with Crippen molar-refractivity contribution in [2.45, 2.75) is 18.5 Å². The number of rotatable bonds is 0. The van der Waals surface area contributed by atoms with Gasteiger partial charge in [0.1, 0.15) is 16.7 Å². The lowest BCUT2D eigenvalue weighted by molar-refractivity contribution is -0.156. The Morgan fingerprint density at radius 3 is 1.88 bits per heavy atom. The van der Waals surface area contributed by atoms with Gasteiger partial charge < -0.3 is 8.83 Å². The largest absolute Gasteiger partial charge is 0.468 e. The zero-order chi connectivity index (χ0) is 18.1. The van der Waals surface area contributed by atoms with Crippen LogP contribution in [0.5, 0.6) is 0 Å². The fourth-order valence-electron chi connectivity index (χ4n) is 2.06. The van der Waals surface area contributed by atoms with Crippen LogP contribution in [0.4, 0.5) is 39.5 Å². The summed E-state index contributed by atoms with van der Waals surface area (Å²) in [7, 11) is 0. The van der Waals surface area contributed by atoms with E-state index in [1.54, 1.807) is 0 Å². The van der Waals surface area contributed by atoms with Crippen molar-refractivity contribution in [3.63, 3.8) is 0 Å². The topological polar surface area (TPSA) is 39.2 Å². The van der Waals surface area contributed by atoms with Crippen LogP contribution in [0.25, 0.3) is 22.1 Å². The van der Waals surface area contributed by atoms with Crippen LogP contribution in [0.2, 0.25) is 0 Å². The van der Waals surface area contributed by atoms with Crippen molar-refractivity contribution in [2.24, 2.45) is 0 Å². The van der Waals surface area contributed by atoms with Gasteiger partial charge in [-0.2, -0.15) is 39.5 Å². The molecule has 0 aliphatic heterocycles. The van der Waals surface area contributed by atoms with Crippen LogP contribution in [-0.4, -0.2) is 4.98 Å². The minimum Gasteiger partial charge on any atom is -0.451 e. The molecule has 0 amide bonds. The van der Waals surface area contributed by atoms with Crippen molar-refractivity contribution in [2.75, 3.05) is 0 Å². The SMILES string of the molecule is FC(F)(F)c1cc2c(o1)c(C(F)(F)F)cc1oc(C(F)(F)F)nc12. The molecule has 0 atom stereocenters. The molecular formula is C12H2F9NO2. The smallest absolute Gasteiger partial charge is 0.451 e. The van der Waals surface area contributed by atoms with Crippen molar-refractivity contribution in [1.29, 1.82) is 0 Å². The Hall–Kier alpha value is -2.40. The Morgan fingerprint density at radius 1 is 0.750 bits per heavy atom. The normalized spacial score (nSPS) is 14.0. The molecule has 1 aromatic carbocycles. The van der Waals surface area contributed by atoms with E-state index in [4.69, 9.17) is 0 Å². The van der Waals surface area contributed by atoms with E-state index in [1.807, 2.05) is 0 Å². The summed E-state index contributed by atoms with van der Waals surface area (Å²) in [6.07, 6.45) is -15.4. The number of alkyl halides is 9. The van der Waals surface area contributed by atoms with E-state index in [1.165, 1.54) is 0 Å². The summed E-state index contributed by atoms with van der Waals surface area (Å²) in [4.78, 5) is 2.94. The minimum absolute atomic E-state index is 0.115. The molecule has 0 saturated carbocycles. The van der Waals surface area contributed by atoms with Crippen LogP contribution in [0, 0.1) is 0 Å². The van der Waals surface area contributed by atoms with Crippen LogP contribution in [0.15, 0.2) is 21.0 Å². The molecule has 0 bridgehead atoms. The third-order valence-electron chi connectivity index (χ3n) is 2.99. The molecule has 0 aliphatic carbocycles. The van der Waals surface area contributed by atoms with Gasteiger partial charge in [0.05, 0.1) is 5.39 Å². The van der Waals surface area contributed by atoms with E-state index in [0.29, 0.717) is 0 Å². The van der Waals surface area contributed by atoms with Gasteiger partial charge in [-0.1, -0.05) is 0 Å². The first-order valence-corrected chi connectivity index (χ1v) is 5.87. The molecule has 0 fully saturated rings. The number of hydrogen-bond acceptors (Lipinski definition) is 3. The van der Waals surface area contributed by atoms with Gasteiger partial charge in [-0.3, -0.25) is 0 Å². The predicted octanol–water partition coefficient (Wildman–Crippen LogP) is 5.63. The van der Waals surface area contributed by atoms with Crippen LogP contribution in [-0.2, 0) is 18.5 Å². The van der Waals surface area contributed by atoms with Gasteiger partial charge in [0.2, 0.25) is 5.76 Å². The number of benzene rings is 1. The molecule has 2 aromatic heterocycles.